The van der Waals surface area contributed by atoms with Gasteiger partial charge in [-0.05, 0) is 76.5 Å². The molecule has 3 heterocycles. The van der Waals surface area contributed by atoms with Gasteiger partial charge in [-0.2, -0.15) is 5.10 Å². The first-order valence-electron chi connectivity index (χ1n) is 9.95. The normalized spacial score (nSPS) is 15.9. The van der Waals surface area contributed by atoms with Crippen LogP contribution < -0.4 is 0 Å². The van der Waals surface area contributed by atoms with Gasteiger partial charge in [-0.15, -0.1) is 0 Å². The van der Waals surface area contributed by atoms with E-state index in [4.69, 9.17) is 0 Å². The third-order valence-corrected chi connectivity index (χ3v) is 5.72. The van der Waals surface area contributed by atoms with Crippen molar-refractivity contribution in [2.45, 2.75) is 45.6 Å². The van der Waals surface area contributed by atoms with E-state index in [0.29, 0.717) is 29.4 Å². The standard InChI is InChI=1S/C22H26N4O2/c1-14(26-11-3-4-12-26)5-10-20(28)18-13-19(16-6-8-17(27)9-7-16)23-22-21(18)15(2)24-25-22/h6-9,13-14,27H,3-5,10-12H2,1-2H3,(H,23,24,25). The molecule has 1 saturated heterocycles. The maximum atomic E-state index is 13.1. The summed E-state index contributed by atoms with van der Waals surface area (Å²) in [6.07, 6.45) is 3.88. The summed E-state index contributed by atoms with van der Waals surface area (Å²) in [5.74, 6) is 0.329. The van der Waals surface area contributed by atoms with Crippen LogP contribution in [0.3, 0.4) is 0 Å². The number of aryl methyl sites for hydroxylation is 1. The zero-order chi connectivity index (χ0) is 19.7. The van der Waals surface area contributed by atoms with Crippen LogP contribution in [0.2, 0.25) is 0 Å². The first-order chi connectivity index (χ1) is 13.5. The number of likely N-dealkylation sites (tertiary alicyclic amines) is 1. The number of nitrogens with zero attached hydrogens (tertiary/aromatic N) is 3. The van der Waals surface area contributed by atoms with Crippen LogP contribution in [0.1, 0.15) is 48.7 Å². The highest BCUT2D eigenvalue weighted by molar-refractivity contribution is 6.08. The fraction of sp³-hybridized carbons (Fsp3) is 0.409. The van der Waals surface area contributed by atoms with Gasteiger partial charge in [0.1, 0.15) is 5.75 Å². The molecule has 1 fully saturated rings. The summed E-state index contributed by atoms with van der Waals surface area (Å²) in [5, 5.41) is 17.6. The van der Waals surface area contributed by atoms with Crippen molar-refractivity contribution >= 4 is 16.8 Å². The molecule has 1 aliphatic rings. The van der Waals surface area contributed by atoms with Crippen molar-refractivity contribution in [2.75, 3.05) is 13.1 Å². The number of aromatic hydroxyl groups is 1. The summed E-state index contributed by atoms with van der Waals surface area (Å²) >= 11 is 0. The number of aromatic nitrogens is 3. The Morgan fingerprint density at radius 1 is 1.25 bits per heavy atom. The summed E-state index contributed by atoms with van der Waals surface area (Å²) in [7, 11) is 0. The smallest absolute Gasteiger partial charge is 0.182 e. The predicted octanol–water partition coefficient (Wildman–Crippen LogP) is 4.09. The van der Waals surface area contributed by atoms with Crippen molar-refractivity contribution in [3.8, 4) is 17.0 Å². The molecule has 1 aliphatic heterocycles. The quantitative estimate of drug-likeness (QED) is 0.632. The molecule has 0 bridgehead atoms. The van der Waals surface area contributed by atoms with E-state index < -0.39 is 0 Å². The molecule has 3 aromatic rings. The third kappa shape index (κ3) is 3.64. The molecule has 1 aromatic carbocycles. The maximum Gasteiger partial charge on any atom is 0.182 e. The number of H-pyrrole nitrogens is 1. The number of hydrogen-bond donors (Lipinski definition) is 2. The maximum absolute atomic E-state index is 13.1. The Kier molecular flexibility index (Phi) is 5.13. The van der Waals surface area contributed by atoms with Gasteiger partial charge in [0.15, 0.2) is 11.4 Å². The molecule has 6 heteroatoms. The van der Waals surface area contributed by atoms with Gasteiger partial charge >= 0.3 is 0 Å². The molecule has 28 heavy (non-hydrogen) atoms. The number of nitrogens with one attached hydrogen (secondary N) is 1. The van der Waals surface area contributed by atoms with Gasteiger partial charge in [-0.25, -0.2) is 4.98 Å². The number of rotatable bonds is 6. The van der Waals surface area contributed by atoms with E-state index in [1.807, 2.05) is 13.0 Å². The van der Waals surface area contributed by atoms with Crippen molar-refractivity contribution < 1.29 is 9.90 Å². The Morgan fingerprint density at radius 2 is 1.96 bits per heavy atom. The van der Waals surface area contributed by atoms with Gasteiger partial charge in [-0.1, -0.05) is 0 Å². The molecule has 146 valence electrons. The molecule has 1 atom stereocenters. The summed E-state index contributed by atoms with van der Waals surface area (Å²) in [6, 6.07) is 9.12. The number of carbonyl (C=O) groups excluding carboxylic acids is 1. The van der Waals surface area contributed by atoms with Crippen molar-refractivity contribution in [3.63, 3.8) is 0 Å². The number of hydrogen-bond acceptors (Lipinski definition) is 5. The lowest BCUT2D eigenvalue weighted by atomic mass is 9.98. The minimum absolute atomic E-state index is 0.128. The average molecular weight is 378 g/mol. The number of phenols is 1. The molecule has 0 saturated carbocycles. The second-order valence-electron chi connectivity index (χ2n) is 7.70. The molecular weight excluding hydrogens is 352 g/mol. The largest absolute Gasteiger partial charge is 0.508 e. The Balaban J connectivity index is 1.63. The number of Topliss-reactive ketones (excluding diaryl/α,β-unsaturated/α-hetero) is 1. The molecular formula is C22H26N4O2. The Morgan fingerprint density at radius 3 is 2.68 bits per heavy atom. The van der Waals surface area contributed by atoms with Gasteiger partial charge in [0.05, 0.1) is 11.1 Å². The molecule has 2 aromatic heterocycles. The Bertz CT molecular complexity index is 988. The molecule has 6 nitrogen and oxygen atoms in total. The zero-order valence-electron chi connectivity index (χ0n) is 16.4. The van der Waals surface area contributed by atoms with E-state index in [1.165, 1.54) is 12.8 Å². The van der Waals surface area contributed by atoms with Gasteiger partial charge < -0.3 is 10.0 Å². The number of aromatic amines is 1. The van der Waals surface area contributed by atoms with E-state index in [-0.39, 0.29) is 11.5 Å². The number of pyridine rings is 1. The van der Waals surface area contributed by atoms with E-state index >= 15 is 0 Å². The van der Waals surface area contributed by atoms with Crippen LogP contribution in [0.4, 0.5) is 0 Å². The zero-order valence-corrected chi connectivity index (χ0v) is 16.4. The lowest BCUT2D eigenvalue weighted by Gasteiger charge is -2.23. The highest BCUT2D eigenvalue weighted by Gasteiger charge is 2.21. The van der Waals surface area contributed by atoms with Crippen LogP contribution in [0.25, 0.3) is 22.3 Å². The van der Waals surface area contributed by atoms with Crippen LogP contribution in [0, 0.1) is 6.92 Å². The summed E-state index contributed by atoms with van der Waals surface area (Å²) < 4.78 is 0. The van der Waals surface area contributed by atoms with E-state index in [0.717, 1.165) is 36.2 Å². The van der Waals surface area contributed by atoms with E-state index in [9.17, 15) is 9.90 Å². The van der Waals surface area contributed by atoms with Gasteiger partial charge in [0.2, 0.25) is 0 Å². The first kappa shape index (κ1) is 18.6. The molecule has 1 unspecified atom stereocenters. The highest BCUT2D eigenvalue weighted by Crippen LogP contribution is 2.28. The fourth-order valence-electron chi connectivity index (χ4n) is 4.01. The number of benzene rings is 1. The summed E-state index contributed by atoms with van der Waals surface area (Å²) in [5.41, 5.74) is 3.62. The Hall–Kier alpha value is -2.73. The Labute approximate surface area is 164 Å². The first-order valence-corrected chi connectivity index (χ1v) is 9.95. The molecule has 2 N–H and O–H groups in total. The number of carbonyl (C=O) groups is 1. The second kappa shape index (κ2) is 7.72. The number of fused-ring (bicyclic) bond motifs is 1. The van der Waals surface area contributed by atoms with Crippen molar-refractivity contribution in [1.82, 2.24) is 20.1 Å². The number of ketones is 1. The van der Waals surface area contributed by atoms with Gasteiger partial charge in [0, 0.05) is 29.3 Å². The van der Waals surface area contributed by atoms with Crippen molar-refractivity contribution in [2.24, 2.45) is 0 Å². The van der Waals surface area contributed by atoms with Crippen molar-refractivity contribution in [1.29, 1.82) is 0 Å². The van der Waals surface area contributed by atoms with E-state index in [2.05, 4.69) is 27.0 Å². The molecule has 0 amide bonds. The summed E-state index contributed by atoms with van der Waals surface area (Å²) in [6.45, 7) is 6.41. The minimum atomic E-state index is 0.128. The van der Waals surface area contributed by atoms with Gasteiger partial charge in [-0.3, -0.25) is 9.89 Å². The van der Waals surface area contributed by atoms with Crippen molar-refractivity contribution in [3.05, 3.63) is 41.6 Å². The van der Waals surface area contributed by atoms with E-state index in [1.54, 1.807) is 24.3 Å². The third-order valence-electron chi connectivity index (χ3n) is 5.72. The molecule has 0 aliphatic carbocycles. The minimum Gasteiger partial charge on any atom is -0.508 e. The lowest BCUT2D eigenvalue weighted by molar-refractivity contribution is 0.0968. The SMILES string of the molecule is Cc1[nH]nc2nc(-c3ccc(O)cc3)cc(C(=O)CCC(C)N3CCCC3)c12. The predicted molar refractivity (Wildman–Crippen MR) is 110 cm³/mol. The molecule has 4 rings (SSSR count). The average Bonchev–Trinajstić information content (AvgIpc) is 3.36. The van der Waals surface area contributed by atoms with Crippen LogP contribution in [-0.4, -0.2) is 50.1 Å². The molecule has 0 radical (unpaired) electrons. The highest BCUT2D eigenvalue weighted by atomic mass is 16.3. The van der Waals surface area contributed by atoms with Crippen LogP contribution >= 0.6 is 0 Å². The van der Waals surface area contributed by atoms with Crippen LogP contribution in [-0.2, 0) is 0 Å². The van der Waals surface area contributed by atoms with Crippen LogP contribution in [0.5, 0.6) is 5.75 Å². The monoisotopic (exact) mass is 378 g/mol. The topological polar surface area (TPSA) is 82.1 Å². The fourth-order valence-corrected chi connectivity index (χ4v) is 4.01. The number of phenolic OH excluding ortho intramolecular Hbond substituents is 1. The lowest BCUT2D eigenvalue weighted by Crippen LogP contribution is -2.30. The summed E-state index contributed by atoms with van der Waals surface area (Å²) in [4.78, 5) is 20.2. The molecule has 0 spiro atoms. The second-order valence-corrected chi connectivity index (χ2v) is 7.70. The van der Waals surface area contributed by atoms with Crippen LogP contribution in [0.15, 0.2) is 30.3 Å². The van der Waals surface area contributed by atoms with Gasteiger partial charge in [0.25, 0.3) is 0 Å².